The van der Waals surface area contributed by atoms with Crippen molar-refractivity contribution < 1.29 is 14.4 Å². The molecule has 3 aliphatic rings. The molecule has 2 saturated heterocycles. The fourth-order valence-electron chi connectivity index (χ4n) is 4.00. The van der Waals surface area contributed by atoms with Gasteiger partial charge in [-0.3, -0.25) is 24.6 Å². The van der Waals surface area contributed by atoms with Crippen molar-refractivity contribution in [1.29, 1.82) is 0 Å². The Kier molecular flexibility index (Phi) is 4.51. The predicted octanol–water partition coefficient (Wildman–Crippen LogP) is 1.53. The monoisotopic (exact) mass is 379 g/mol. The van der Waals surface area contributed by atoms with Crippen molar-refractivity contribution in [1.82, 2.24) is 15.1 Å². The van der Waals surface area contributed by atoms with Gasteiger partial charge in [-0.2, -0.15) is 0 Å². The molecule has 0 aliphatic carbocycles. The van der Waals surface area contributed by atoms with Crippen LogP contribution in [-0.4, -0.2) is 52.2 Å². The number of benzene rings is 1. The van der Waals surface area contributed by atoms with E-state index in [4.69, 9.17) is 0 Å². The van der Waals surface area contributed by atoms with Gasteiger partial charge in [0, 0.05) is 48.6 Å². The Morgan fingerprint density at radius 3 is 2.57 bits per heavy atom. The minimum absolute atomic E-state index is 0.157. The molecule has 1 aromatic rings. The Morgan fingerprint density at radius 1 is 1.14 bits per heavy atom. The Bertz CT molecular complexity index is 913. The lowest BCUT2D eigenvalue weighted by molar-refractivity contribution is -0.136. The second-order valence-electron chi connectivity index (χ2n) is 8.77. The average Bonchev–Trinajstić information content (AvgIpc) is 2.90. The minimum Gasteiger partial charge on any atom is -0.322 e. The number of nitrogens with zero attached hydrogens (tertiary/aromatic N) is 2. The molecule has 146 valence electrons. The Labute approximate surface area is 165 Å². The van der Waals surface area contributed by atoms with E-state index in [-0.39, 0.29) is 29.7 Å². The smallest absolute Gasteiger partial charge is 0.255 e. The van der Waals surface area contributed by atoms with Crippen molar-refractivity contribution in [3.05, 3.63) is 34.9 Å². The zero-order chi connectivity index (χ0) is 20.1. The minimum atomic E-state index is -0.592. The Morgan fingerprint density at radius 2 is 1.89 bits per heavy atom. The summed E-state index contributed by atoms with van der Waals surface area (Å²) in [5.41, 5.74) is 2.52. The van der Waals surface area contributed by atoms with E-state index in [1.807, 2.05) is 12.1 Å². The van der Waals surface area contributed by atoms with Gasteiger partial charge in [-0.1, -0.05) is 17.9 Å². The molecule has 0 bridgehead atoms. The molecule has 0 spiro atoms. The first-order valence-electron chi connectivity index (χ1n) is 9.77. The second kappa shape index (κ2) is 6.75. The molecule has 1 aromatic carbocycles. The molecule has 3 heterocycles. The van der Waals surface area contributed by atoms with Crippen LogP contribution in [0, 0.1) is 17.8 Å². The van der Waals surface area contributed by atoms with Crippen LogP contribution in [-0.2, 0) is 16.1 Å². The summed E-state index contributed by atoms with van der Waals surface area (Å²) in [6, 6.07) is 4.98. The molecular weight excluding hydrogens is 354 g/mol. The molecule has 1 atom stereocenters. The number of nitrogens with one attached hydrogen (secondary N) is 1. The molecule has 3 aliphatic heterocycles. The highest BCUT2D eigenvalue weighted by molar-refractivity contribution is 6.05. The predicted molar refractivity (Wildman–Crippen MR) is 104 cm³/mol. The van der Waals surface area contributed by atoms with Gasteiger partial charge in [0.25, 0.3) is 5.91 Å². The highest BCUT2D eigenvalue weighted by Gasteiger charge is 2.39. The summed E-state index contributed by atoms with van der Waals surface area (Å²) in [5, 5.41) is 2.34. The molecule has 3 amide bonds. The van der Waals surface area contributed by atoms with Crippen LogP contribution in [0.25, 0.3) is 0 Å². The largest absolute Gasteiger partial charge is 0.322 e. The number of piperidine rings is 1. The number of hydrogen-bond acceptors (Lipinski definition) is 4. The van der Waals surface area contributed by atoms with E-state index in [9.17, 15) is 14.4 Å². The molecule has 0 aromatic heterocycles. The number of fused-ring (bicyclic) bond motifs is 1. The summed E-state index contributed by atoms with van der Waals surface area (Å²) in [5.74, 6) is 6.14. The van der Waals surface area contributed by atoms with Gasteiger partial charge in [0.2, 0.25) is 11.8 Å². The summed E-state index contributed by atoms with van der Waals surface area (Å²) in [6.45, 7) is 8.91. The van der Waals surface area contributed by atoms with Crippen LogP contribution < -0.4 is 5.32 Å². The fraction of sp³-hybridized carbons (Fsp3) is 0.500. The Hall–Kier alpha value is -2.65. The maximum absolute atomic E-state index is 12.8. The summed E-state index contributed by atoms with van der Waals surface area (Å²) in [7, 11) is 0. The molecule has 28 heavy (non-hydrogen) atoms. The molecule has 6 heteroatoms. The molecule has 6 nitrogen and oxygen atoms in total. The van der Waals surface area contributed by atoms with Crippen LogP contribution >= 0.6 is 0 Å². The molecule has 1 unspecified atom stereocenters. The summed E-state index contributed by atoms with van der Waals surface area (Å²) >= 11 is 0. The number of imide groups is 1. The number of likely N-dealkylation sites (tertiary alicyclic amines) is 1. The van der Waals surface area contributed by atoms with Gasteiger partial charge in [-0.15, -0.1) is 0 Å². The highest BCUT2D eigenvalue weighted by atomic mass is 16.2. The lowest BCUT2D eigenvalue weighted by atomic mass is 9.92. The molecule has 4 rings (SSSR count). The normalized spacial score (nSPS) is 23.0. The maximum Gasteiger partial charge on any atom is 0.255 e. The Balaban J connectivity index is 1.51. The van der Waals surface area contributed by atoms with Crippen molar-refractivity contribution >= 4 is 17.7 Å². The van der Waals surface area contributed by atoms with Crippen LogP contribution in [0.1, 0.15) is 55.1 Å². The number of carbonyl (C=O) groups excluding carboxylic acids is 3. The summed E-state index contributed by atoms with van der Waals surface area (Å²) in [6.07, 6.45) is 0.630. The van der Waals surface area contributed by atoms with E-state index in [1.54, 1.807) is 11.0 Å². The molecule has 0 saturated carbocycles. The van der Waals surface area contributed by atoms with Gasteiger partial charge < -0.3 is 4.90 Å². The van der Waals surface area contributed by atoms with Crippen LogP contribution in [0.4, 0.5) is 0 Å². The van der Waals surface area contributed by atoms with E-state index in [1.165, 1.54) is 0 Å². The van der Waals surface area contributed by atoms with Gasteiger partial charge in [-0.05, 0) is 44.9 Å². The van der Waals surface area contributed by atoms with Gasteiger partial charge in [0.15, 0.2) is 0 Å². The van der Waals surface area contributed by atoms with Crippen molar-refractivity contribution in [2.45, 2.75) is 51.7 Å². The summed E-state index contributed by atoms with van der Waals surface area (Å²) < 4.78 is 0. The third-order valence-electron chi connectivity index (χ3n) is 5.82. The standard InChI is InChI=1S/C22H25N3O3/c1-22(2,3)24-11-14(12-24)7-8-15-5-4-6-16-17(15)13-25(21(16)28)18-9-10-19(26)23-20(18)27/h4-6,14,18H,9-13H2,1-3H3,(H,23,26,27). The van der Waals surface area contributed by atoms with Crippen molar-refractivity contribution in [3.8, 4) is 11.8 Å². The third kappa shape index (κ3) is 3.31. The maximum atomic E-state index is 12.8. The number of hydrogen-bond donors (Lipinski definition) is 1. The van der Waals surface area contributed by atoms with E-state index in [0.717, 1.165) is 24.2 Å². The lowest BCUT2D eigenvalue weighted by Crippen LogP contribution is -2.55. The van der Waals surface area contributed by atoms with Crippen LogP contribution in [0.2, 0.25) is 0 Å². The second-order valence-corrected chi connectivity index (χ2v) is 8.77. The van der Waals surface area contributed by atoms with Crippen LogP contribution in [0.15, 0.2) is 18.2 Å². The highest BCUT2D eigenvalue weighted by Crippen LogP contribution is 2.30. The van der Waals surface area contributed by atoms with Crippen molar-refractivity contribution in [2.24, 2.45) is 5.92 Å². The molecule has 0 radical (unpaired) electrons. The average molecular weight is 379 g/mol. The SMILES string of the molecule is CC(C)(C)N1CC(C#Cc2cccc3c2CN(C2CCC(=O)NC2=O)C3=O)C1. The van der Waals surface area contributed by atoms with Crippen molar-refractivity contribution in [2.75, 3.05) is 13.1 Å². The topological polar surface area (TPSA) is 69.7 Å². The molecule has 1 N–H and O–H groups in total. The van der Waals surface area contributed by atoms with Gasteiger partial charge in [-0.25, -0.2) is 0 Å². The number of rotatable bonds is 1. The van der Waals surface area contributed by atoms with Gasteiger partial charge >= 0.3 is 0 Å². The number of carbonyl (C=O) groups is 3. The quantitative estimate of drug-likeness (QED) is 0.594. The molecule has 2 fully saturated rings. The molecular formula is C22H25N3O3. The number of amides is 3. The van der Waals surface area contributed by atoms with E-state index in [2.05, 4.69) is 42.8 Å². The van der Waals surface area contributed by atoms with Crippen molar-refractivity contribution in [3.63, 3.8) is 0 Å². The van der Waals surface area contributed by atoms with E-state index >= 15 is 0 Å². The van der Waals surface area contributed by atoms with Gasteiger partial charge in [0.05, 0.1) is 0 Å². The third-order valence-corrected chi connectivity index (χ3v) is 5.82. The van der Waals surface area contributed by atoms with E-state index < -0.39 is 6.04 Å². The van der Waals surface area contributed by atoms with Crippen LogP contribution in [0.5, 0.6) is 0 Å². The van der Waals surface area contributed by atoms with E-state index in [0.29, 0.717) is 24.4 Å². The van der Waals surface area contributed by atoms with Crippen LogP contribution in [0.3, 0.4) is 0 Å². The summed E-state index contributed by atoms with van der Waals surface area (Å²) in [4.78, 5) is 40.4. The first-order chi connectivity index (χ1) is 13.2. The van der Waals surface area contributed by atoms with Gasteiger partial charge in [0.1, 0.15) is 6.04 Å². The zero-order valence-electron chi connectivity index (χ0n) is 16.5. The zero-order valence-corrected chi connectivity index (χ0v) is 16.5. The fourth-order valence-corrected chi connectivity index (χ4v) is 4.00. The first kappa shape index (κ1) is 18.7. The lowest BCUT2D eigenvalue weighted by Gasteiger charge is -2.45. The first-order valence-corrected chi connectivity index (χ1v) is 9.77.